The summed E-state index contributed by atoms with van der Waals surface area (Å²) in [7, 11) is -2.88. The number of aryl methyl sites for hydroxylation is 2. The molecule has 1 aliphatic rings. The van der Waals surface area contributed by atoms with Gasteiger partial charge in [0.15, 0.2) is 9.84 Å². The minimum absolute atomic E-state index is 0.110. The van der Waals surface area contributed by atoms with E-state index < -0.39 is 9.84 Å². The molecule has 1 saturated heterocycles. The van der Waals surface area contributed by atoms with Crippen LogP contribution in [0.25, 0.3) is 0 Å². The molecule has 1 N–H and O–H groups in total. The molecule has 0 amide bonds. The van der Waals surface area contributed by atoms with E-state index in [0.717, 1.165) is 15.6 Å². The zero-order valence-corrected chi connectivity index (χ0v) is 10.4. The molecule has 1 aromatic rings. The predicted molar refractivity (Wildman–Crippen MR) is 61.0 cm³/mol. The molecule has 1 fully saturated rings. The quantitative estimate of drug-likeness (QED) is 0.797. The summed E-state index contributed by atoms with van der Waals surface area (Å²) in [4.78, 5) is 5.55. The van der Waals surface area contributed by atoms with Gasteiger partial charge in [-0.05, 0) is 13.8 Å². The molecule has 4 nitrogen and oxygen atoms in total. The summed E-state index contributed by atoms with van der Waals surface area (Å²) in [5.41, 5.74) is 1.000. The Hall–Kier alpha value is -0.460. The molecule has 2 heterocycles. The van der Waals surface area contributed by atoms with E-state index in [4.69, 9.17) is 0 Å². The Kier molecular flexibility index (Phi) is 2.83. The summed E-state index contributed by atoms with van der Waals surface area (Å²) in [6.07, 6.45) is 0. The van der Waals surface area contributed by atoms with Crippen LogP contribution >= 0.6 is 11.3 Å². The van der Waals surface area contributed by atoms with Crippen LogP contribution in [0.3, 0.4) is 0 Å². The number of hydrogen-bond donors (Lipinski definition) is 1. The monoisotopic (exact) mass is 246 g/mol. The highest BCUT2D eigenvalue weighted by atomic mass is 32.2. The fourth-order valence-corrected chi connectivity index (χ4v) is 4.07. The van der Waals surface area contributed by atoms with Crippen LogP contribution in [0.4, 0.5) is 0 Å². The first-order valence-electron chi connectivity index (χ1n) is 4.86. The minimum atomic E-state index is -2.88. The Balaban J connectivity index is 2.24. The molecule has 0 aliphatic carbocycles. The molecule has 0 saturated carbocycles. The average molecular weight is 246 g/mol. The van der Waals surface area contributed by atoms with Crippen LogP contribution in [0, 0.1) is 13.8 Å². The zero-order valence-electron chi connectivity index (χ0n) is 8.78. The van der Waals surface area contributed by atoms with E-state index >= 15 is 0 Å². The predicted octanol–water partition coefficient (Wildman–Crippen LogP) is 0.819. The lowest BCUT2D eigenvalue weighted by Crippen LogP contribution is -2.39. The Bertz CT molecular complexity index is 445. The van der Waals surface area contributed by atoms with Crippen LogP contribution in [0.5, 0.6) is 0 Å². The van der Waals surface area contributed by atoms with Crippen molar-refractivity contribution in [3.05, 3.63) is 15.6 Å². The first-order chi connectivity index (χ1) is 6.98. The highest BCUT2D eigenvalue weighted by Crippen LogP contribution is 2.25. The van der Waals surface area contributed by atoms with Crippen molar-refractivity contribution in [1.29, 1.82) is 0 Å². The van der Waals surface area contributed by atoms with Crippen molar-refractivity contribution in [2.24, 2.45) is 0 Å². The van der Waals surface area contributed by atoms with Gasteiger partial charge in [-0.2, -0.15) is 0 Å². The summed E-state index contributed by atoms with van der Waals surface area (Å²) in [6, 6.07) is -0.110. The molecular weight excluding hydrogens is 232 g/mol. The van der Waals surface area contributed by atoms with Crippen molar-refractivity contribution in [1.82, 2.24) is 10.3 Å². The van der Waals surface area contributed by atoms with Gasteiger partial charge in [0.25, 0.3) is 0 Å². The second-order valence-corrected chi connectivity index (χ2v) is 7.28. The molecule has 15 heavy (non-hydrogen) atoms. The molecule has 1 unspecified atom stereocenters. The maximum absolute atomic E-state index is 11.5. The molecule has 0 bridgehead atoms. The topological polar surface area (TPSA) is 59.1 Å². The Morgan fingerprint density at radius 3 is 2.73 bits per heavy atom. The third-order valence-electron chi connectivity index (χ3n) is 2.57. The normalized spacial score (nSPS) is 25.3. The van der Waals surface area contributed by atoms with Gasteiger partial charge in [-0.3, -0.25) is 0 Å². The first kappa shape index (κ1) is 11.0. The summed E-state index contributed by atoms with van der Waals surface area (Å²) in [5, 5.41) is 4.10. The van der Waals surface area contributed by atoms with Crippen molar-refractivity contribution in [3.8, 4) is 0 Å². The summed E-state index contributed by atoms with van der Waals surface area (Å²) in [5.74, 6) is 0.423. The lowest BCUT2D eigenvalue weighted by molar-refractivity contribution is 0.529. The lowest BCUT2D eigenvalue weighted by atomic mass is 10.3. The van der Waals surface area contributed by atoms with Crippen LogP contribution in [-0.4, -0.2) is 31.5 Å². The van der Waals surface area contributed by atoms with Gasteiger partial charge in [0.1, 0.15) is 5.01 Å². The molecule has 0 aromatic carbocycles. The second kappa shape index (κ2) is 3.84. The van der Waals surface area contributed by atoms with Crippen LogP contribution in [0.15, 0.2) is 0 Å². The fourth-order valence-electron chi connectivity index (χ4n) is 1.59. The minimum Gasteiger partial charge on any atom is -0.306 e. The zero-order chi connectivity index (χ0) is 11.1. The van der Waals surface area contributed by atoms with E-state index in [-0.39, 0.29) is 17.5 Å². The van der Waals surface area contributed by atoms with Gasteiger partial charge in [0, 0.05) is 11.4 Å². The molecule has 6 heteroatoms. The molecule has 84 valence electrons. The summed E-state index contributed by atoms with van der Waals surface area (Å²) in [6.45, 7) is 4.49. The number of nitrogens with zero attached hydrogens (tertiary/aromatic N) is 1. The van der Waals surface area contributed by atoms with Gasteiger partial charge in [0.05, 0.1) is 23.2 Å². The maximum atomic E-state index is 11.5. The molecule has 1 atom stereocenters. The van der Waals surface area contributed by atoms with Gasteiger partial charge in [-0.15, -0.1) is 11.3 Å². The third kappa shape index (κ3) is 2.38. The maximum Gasteiger partial charge on any atom is 0.153 e. The number of thiazole rings is 1. The van der Waals surface area contributed by atoms with Crippen LogP contribution in [0.2, 0.25) is 0 Å². The SMILES string of the molecule is Cc1nc(C2CS(=O)(=O)CCN2)sc1C. The fraction of sp³-hybridized carbons (Fsp3) is 0.667. The molecule has 1 aromatic heterocycles. The van der Waals surface area contributed by atoms with Crippen LogP contribution in [-0.2, 0) is 9.84 Å². The van der Waals surface area contributed by atoms with E-state index in [1.54, 1.807) is 11.3 Å². The van der Waals surface area contributed by atoms with Gasteiger partial charge in [-0.1, -0.05) is 0 Å². The number of sulfone groups is 1. The number of aromatic nitrogens is 1. The Morgan fingerprint density at radius 2 is 2.20 bits per heavy atom. The molecular formula is C9H14N2O2S2. The van der Waals surface area contributed by atoms with Gasteiger partial charge in [-0.25, -0.2) is 13.4 Å². The standard InChI is InChI=1S/C9H14N2O2S2/c1-6-7(2)14-9(11-6)8-5-15(12,13)4-3-10-8/h8,10H,3-5H2,1-2H3. The molecule has 0 radical (unpaired) electrons. The van der Waals surface area contributed by atoms with E-state index in [1.807, 2.05) is 13.8 Å². The van der Waals surface area contributed by atoms with E-state index in [0.29, 0.717) is 6.54 Å². The highest BCUT2D eigenvalue weighted by Gasteiger charge is 2.27. The van der Waals surface area contributed by atoms with Crippen LogP contribution < -0.4 is 5.32 Å². The number of nitrogens with one attached hydrogen (secondary N) is 1. The van der Waals surface area contributed by atoms with Gasteiger partial charge < -0.3 is 5.32 Å². The Labute approximate surface area is 93.7 Å². The van der Waals surface area contributed by atoms with Crippen molar-refractivity contribution in [3.63, 3.8) is 0 Å². The Morgan fingerprint density at radius 1 is 1.47 bits per heavy atom. The smallest absolute Gasteiger partial charge is 0.153 e. The summed E-state index contributed by atoms with van der Waals surface area (Å²) < 4.78 is 22.9. The average Bonchev–Trinajstić information content (AvgIpc) is 2.45. The van der Waals surface area contributed by atoms with Gasteiger partial charge in [0.2, 0.25) is 0 Å². The van der Waals surface area contributed by atoms with Crippen molar-refractivity contribution in [2.75, 3.05) is 18.1 Å². The van der Waals surface area contributed by atoms with Crippen molar-refractivity contribution in [2.45, 2.75) is 19.9 Å². The largest absolute Gasteiger partial charge is 0.306 e. The third-order valence-corrected chi connectivity index (χ3v) is 5.42. The van der Waals surface area contributed by atoms with E-state index in [9.17, 15) is 8.42 Å². The van der Waals surface area contributed by atoms with E-state index in [2.05, 4.69) is 10.3 Å². The van der Waals surface area contributed by atoms with Crippen LogP contribution in [0.1, 0.15) is 21.6 Å². The van der Waals surface area contributed by atoms with Crippen molar-refractivity contribution < 1.29 is 8.42 Å². The van der Waals surface area contributed by atoms with Crippen molar-refractivity contribution >= 4 is 21.2 Å². The highest BCUT2D eigenvalue weighted by molar-refractivity contribution is 7.91. The van der Waals surface area contributed by atoms with Gasteiger partial charge >= 0.3 is 0 Å². The molecule has 1 aliphatic heterocycles. The molecule has 0 spiro atoms. The molecule has 2 rings (SSSR count). The first-order valence-corrected chi connectivity index (χ1v) is 7.49. The van der Waals surface area contributed by atoms with E-state index in [1.165, 1.54) is 0 Å². The second-order valence-electron chi connectivity index (χ2n) is 3.81. The summed E-state index contributed by atoms with van der Waals surface area (Å²) >= 11 is 1.58. The lowest BCUT2D eigenvalue weighted by Gasteiger charge is -2.21. The number of hydrogen-bond acceptors (Lipinski definition) is 5. The number of rotatable bonds is 1.